The van der Waals surface area contributed by atoms with E-state index in [1.165, 1.54) is 6.42 Å². The maximum Gasteiger partial charge on any atom is 0.446 e. The van der Waals surface area contributed by atoms with E-state index in [1.54, 1.807) is 12.1 Å². The van der Waals surface area contributed by atoms with Gasteiger partial charge in [-0.1, -0.05) is 24.6 Å². The van der Waals surface area contributed by atoms with Gasteiger partial charge in [0.2, 0.25) is 0 Å². The van der Waals surface area contributed by atoms with Crippen molar-refractivity contribution in [3.05, 3.63) is 29.8 Å². The van der Waals surface area contributed by atoms with Crippen molar-refractivity contribution in [2.75, 3.05) is 26.2 Å². The number of alkyl halides is 3. The molecule has 1 aromatic rings. The van der Waals surface area contributed by atoms with Gasteiger partial charge in [0.25, 0.3) is 0 Å². The van der Waals surface area contributed by atoms with Crippen LogP contribution in [-0.4, -0.2) is 36.6 Å². The lowest BCUT2D eigenvalue weighted by Crippen LogP contribution is -2.48. The van der Waals surface area contributed by atoms with E-state index in [4.69, 9.17) is 0 Å². The molecule has 0 bridgehead atoms. The molecule has 0 aromatic heterocycles. The van der Waals surface area contributed by atoms with Crippen molar-refractivity contribution in [1.29, 1.82) is 0 Å². The predicted molar refractivity (Wildman–Crippen MR) is 90.1 cm³/mol. The molecule has 0 radical (unpaired) electrons. The third-order valence-electron chi connectivity index (χ3n) is 4.60. The molecule has 3 rings (SSSR count). The van der Waals surface area contributed by atoms with Crippen LogP contribution in [0.3, 0.4) is 0 Å². The average molecular weight is 367 g/mol. The van der Waals surface area contributed by atoms with Gasteiger partial charge in [0.1, 0.15) is 0 Å². The Morgan fingerprint density at radius 1 is 1.13 bits per heavy atom. The normalized spacial score (nSPS) is 21.3. The summed E-state index contributed by atoms with van der Waals surface area (Å²) < 4.78 is 38.6. The van der Waals surface area contributed by atoms with Crippen LogP contribution in [0.1, 0.15) is 30.9 Å². The van der Waals surface area contributed by atoms with Crippen LogP contribution in [0.4, 0.5) is 13.2 Å². The molecule has 1 aliphatic heterocycles. The van der Waals surface area contributed by atoms with Crippen LogP contribution in [0.2, 0.25) is 0 Å². The number of hydrogen-bond donors (Lipinski definition) is 1. The van der Waals surface area contributed by atoms with E-state index < -0.39 is 5.51 Å². The lowest BCUT2D eigenvalue weighted by Gasteiger charge is -2.43. The molecule has 1 saturated heterocycles. The maximum absolute atomic E-state index is 12.9. The molecule has 2 aliphatic rings. The molecule has 1 N–H and O–H groups in total. The fraction of sp³-hybridized carbons (Fsp3) is 0.625. The van der Waals surface area contributed by atoms with Gasteiger partial charge in [-0.3, -0.25) is 4.90 Å². The second kappa shape index (κ2) is 8.10. The number of rotatable bonds is 4. The Hall–Kier alpha value is -0.430. The van der Waals surface area contributed by atoms with Crippen molar-refractivity contribution in [2.45, 2.75) is 35.7 Å². The number of piperazine rings is 1. The summed E-state index contributed by atoms with van der Waals surface area (Å²) in [7, 11) is 0. The summed E-state index contributed by atoms with van der Waals surface area (Å²) in [5, 5.41) is 3.32. The average Bonchev–Trinajstić information content (AvgIpc) is 2.43. The van der Waals surface area contributed by atoms with E-state index in [9.17, 15) is 13.2 Å². The first kappa shape index (κ1) is 18.9. The van der Waals surface area contributed by atoms with Crippen molar-refractivity contribution < 1.29 is 13.2 Å². The van der Waals surface area contributed by atoms with E-state index in [1.807, 2.05) is 12.1 Å². The number of nitrogens with zero attached hydrogens (tertiary/aromatic N) is 1. The zero-order valence-corrected chi connectivity index (χ0v) is 14.4. The smallest absolute Gasteiger partial charge is 0.314 e. The Labute approximate surface area is 145 Å². The molecule has 23 heavy (non-hydrogen) atoms. The van der Waals surface area contributed by atoms with Crippen molar-refractivity contribution in [2.24, 2.45) is 5.92 Å². The Morgan fingerprint density at radius 2 is 1.78 bits per heavy atom. The highest BCUT2D eigenvalue weighted by Crippen LogP contribution is 2.47. The third-order valence-corrected chi connectivity index (χ3v) is 5.43. The molecule has 1 saturated carbocycles. The zero-order valence-electron chi connectivity index (χ0n) is 12.8. The predicted octanol–water partition coefficient (Wildman–Crippen LogP) is 4.47. The number of halogens is 4. The quantitative estimate of drug-likeness (QED) is 0.792. The van der Waals surface area contributed by atoms with Crippen LogP contribution in [0.25, 0.3) is 0 Å². The van der Waals surface area contributed by atoms with Gasteiger partial charge in [0, 0.05) is 37.1 Å². The van der Waals surface area contributed by atoms with Crippen LogP contribution in [0, 0.1) is 5.92 Å². The van der Waals surface area contributed by atoms with Crippen LogP contribution in [0.5, 0.6) is 0 Å². The van der Waals surface area contributed by atoms with Crippen LogP contribution >= 0.6 is 24.2 Å². The molecule has 2 fully saturated rings. The highest BCUT2D eigenvalue weighted by Gasteiger charge is 2.37. The van der Waals surface area contributed by atoms with Crippen LogP contribution < -0.4 is 5.32 Å². The van der Waals surface area contributed by atoms with E-state index in [0.717, 1.165) is 44.6 Å². The van der Waals surface area contributed by atoms with Gasteiger partial charge in [0.05, 0.1) is 0 Å². The van der Waals surface area contributed by atoms with Crippen molar-refractivity contribution >= 4 is 24.2 Å². The van der Waals surface area contributed by atoms with Crippen molar-refractivity contribution in [3.63, 3.8) is 0 Å². The number of hydrogen-bond acceptors (Lipinski definition) is 3. The summed E-state index contributed by atoms with van der Waals surface area (Å²) in [6, 6.07) is 7.19. The van der Waals surface area contributed by atoms with Crippen LogP contribution in [0.15, 0.2) is 29.2 Å². The molecule has 2 nitrogen and oxygen atoms in total. The molecule has 1 aliphatic carbocycles. The summed E-state index contributed by atoms with van der Waals surface area (Å²) in [6.45, 7) is 3.65. The summed E-state index contributed by atoms with van der Waals surface area (Å²) in [4.78, 5) is 2.74. The Bertz CT molecular complexity index is 502. The molecule has 0 amide bonds. The van der Waals surface area contributed by atoms with Gasteiger partial charge < -0.3 is 5.32 Å². The number of thioether (sulfide) groups is 1. The molecule has 1 heterocycles. The highest BCUT2D eigenvalue weighted by molar-refractivity contribution is 8.00. The van der Waals surface area contributed by atoms with E-state index in [-0.39, 0.29) is 30.2 Å². The number of nitrogens with one attached hydrogen (secondary N) is 1. The monoisotopic (exact) mass is 366 g/mol. The molecule has 0 unspecified atom stereocenters. The lowest BCUT2D eigenvalue weighted by atomic mass is 9.76. The second-order valence-electron chi connectivity index (χ2n) is 6.01. The standard InChI is InChI=1S/C16H21F3N2S.ClH/c17-16(18,19)22-14-7-2-1-6-13(14)15(12-4-3-5-12)21-10-8-20-9-11-21;/h1-2,6-7,12,15,20H,3-5,8-11H2;1H/t15-;/m1./s1. The van der Waals surface area contributed by atoms with E-state index in [2.05, 4.69) is 10.2 Å². The first-order chi connectivity index (χ1) is 10.5. The Morgan fingerprint density at radius 3 is 2.35 bits per heavy atom. The minimum Gasteiger partial charge on any atom is -0.314 e. The molecular weight excluding hydrogens is 345 g/mol. The summed E-state index contributed by atoms with van der Waals surface area (Å²) in [5.41, 5.74) is -3.37. The zero-order chi connectivity index (χ0) is 15.6. The topological polar surface area (TPSA) is 15.3 Å². The van der Waals surface area contributed by atoms with Gasteiger partial charge >= 0.3 is 5.51 Å². The first-order valence-corrected chi connectivity index (χ1v) is 8.66. The summed E-state index contributed by atoms with van der Waals surface area (Å²) in [6.07, 6.45) is 3.45. The second-order valence-corrected chi connectivity index (χ2v) is 7.11. The molecule has 1 atom stereocenters. The molecule has 7 heteroatoms. The largest absolute Gasteiger partial charge is 0.446 e. The third kappa shape index (κ3) is 4.78. The fourth-order valence-corrected chi connectivity index (χ4v) is 4.11. The first-order valence-electron chi connectivity index (χ1n) is 7.84. The fourth-order valence-electron chi connectivity index (χ4n) is 3.41. The van der Waals surface area contributed by atoms with E-state index >= 15 is 0 Å². The lowest BCUT2D eigenvalue weighted by molar-refractivity contribution is -0.0329. The summed E-state index contributed by atoms with van der Waals surface area (Å²) in [5.74, 6) is 0.494. The van der Waals surface area contributed by atoms with Crippen LogP contribution in [-0.2, 0) is 0 Å². The Kier molecular flexibility index (Phi) is 6.66. The minimum atomic E-state index is -4.23. The van der Waals surface area contributed by atoms with Gasteiger partial charge in [-0.2, -0.15) is 13.2 Å². The number of benzene rings is 1. The Balaban J connectivity index is 0.00000192. The van der Waals surface area contributed by atoms with Gasteiger partial charge in [-0.05, 0) is 42.2 Å². The summed E-state index contributed by atoms with van der Waals surface area (Å²) >= 11 is 0.0294. The van der Waals surface area contributed by atoms with E-state index in [0.29, 0.717) is 10.8 Å². The maximum atomic E-state index is 12.9. The van der Waals surface area contributed by atoms with Crippen molar-refractivity contribution in [1.82, 2.24) is 10.2 Å². The molecular formula is C16H22ClF3N2S. The highest BCUT2D eigenvalue weighted by atomic mass is 35.5. The van der Waals surface area contributed by atoms with Gasteiger partial charge in [-0.25, -0.2) is 0 Å². The minimum absolute atomic E-state index is 0. The van der Waals surface area contributed by atoms with Crippen molar-refractivity contribution in [3.8, 4) is 0 Å². The van der Waals surface area contributed by atoms with Gasteiger partial charge in [0.15, 0.2) is 0 Å². The van der Waals surface area contributed by atoms with Gasteiger partial charge in [-0.15, -0.1) is 12.4 Å². The molecule has 0 spiro atoms. The molecule has 130 valence electrons. The molecule has 1 aromatic carbocycles. The SMILES string of the molecule is Cl.FC(F)(F)Sc1ccccc1[C@@H](C1CCC1)N1CCNCC1.